The average Bonchev–Trinajstić information content (AvgIpc) is 2.66. The highest BCUT2D eigenvalue weighted by atomic mass is 35.5. The number of hydrogen-bond acceptors (Lipinski definition) is 7. The Bertz CT molecular complexity index is 849. The zero-order valence-electron chi connectivity index (χ0n) is 15.8. The third kappa shape index (κ3) is 4.39. The van der Waals surface area contributed by atoms with Crippen molar-refractivity contribution in [2.24, 2.45) is 10.9 Å². The van der Waals surface area contributed by atoms with E-state index in [1.807, 2.05) is 0 Å². The van der Waals surface area contributed by atoms with Gasteiger partial charge in [0.05, 0.1) is 24.2 Å². The van der Waals surface area contributed by atoms with Gasteiger partial charge in [0.25, 0.3) is 5.69 Å². The monoisotopic (exact) mass is 408 g/mol. The summed E-state index contributed by atoms with van der Waals surface area (Å²) >= 11 is 5.62. The molecule has 1 heterocycles. The summed E-state index contributed by atoms with van der Waals surface area (Å²) in [6, 6.07) is 5.99. The molecule has 1 aliphatic rings. The molecule has 2 atom stereocenters. The van der Waals surface area contributed by atoms with Gasteiger partial charge in [0.15, 0.2) is 0 Å². The first-order valence-corrected chi connectivity index (χ1v) is 9.17. The summed E-state index contributed by atoms with van der Waals surface area (Å²) < 4.78 is 10.2. The summed E-state index contributed by atoms with van der Waals surface area (Å²) in [6.45, 7) is 3.33. The predicted molar refractivity (Wildman–Crippen MR) is 103 cm³/mol. The van der Waals surface area contributed by atoms with Crippen LogP contribution in [0.3, 0.4) is 0 Å². The number of esters is 2. The number of ether oxygens (including phenoxy) is 2. The van der Waals surface area contributed by atoms with Crippen LogP contribution in [0.15, 0.2) is 40.5 Å². The molecule has 0 bridgehead atoms. The number of alkyl halides is 1. The van der Waals surface area contributed by atoms with Crippen LogP contribution in [0.1, 0.15) is 31.7 Å². The number of carbonyl (C=O) groups excluding carboxylic acids is 2. The Hall–Kier alpha value is -2.74. The molecule has 28 heavy (non-hydrogen) atoms. The molecule has 9 heteroatoms. The molecule has 0 amide bonds. The van der Waals surface area contributed by atoms with Crippen molar-refractivity contribution in [3.63, 3.8) is 0 Å². The number of hydrogen-bond donors (Lipinski definition) is 0. The highest BCUT2D eigenvalue weighted by Crippen LogP contribution is 2.43. The largest absolute Gasteiger partial charge is 0.468 e. The van der Waals surface area contributed by atoms with E-state index in [1.54, 1.807) is 19.9 Å². The van der Waals surface area contributed by atoms with Crippen molar-refractivity contribution in [3.05, 3.63) is 51.2 Å². The van der Waals surface area contributed by atoms with Crippen LogP contribution in [-0.4, -0.2) is 42.2 Å². The normalized spacial score (nSPS) is 19.1. The smallest absolute Gasteiger partial charge is 0.336 e. The molecule has 0 aromatic heterocycles. The number of nitro groups is 1. The van der Waals surface area contributed by atoms with Gasteiger partial charge < -0.3 is 9.47 Å². The van der Waals surface area contributed by atoms with Crippen LogP contribution in [-0.2, 0) is 19.1 Å². The van der Waals surface area contributed by atoms with Gasteiger partial charge in [-0.1, -0.05) is 18.2 Å². The number of para-hydroxylation sites is 1. The minimum absolute atomic E-state index is 0.0916. The summed E-state index contributed by atoms with van der Waals surface area (Å²) in [5.74, 6) is -2.93. The summed E-state index contributed by atoms with van der Waals surface area (Å²) in [7, 11) is 1.22. The molecule has 8 nitrogen and oxygen atoms in total. The molecule has 0 N–H and O–H groups in total. The Balaban J connectivity index is 2.65. The van der Waals surface area contributed by atoms with E-state index in [9.17, 15) is 19.7 Å². The molecule has 1 aliphatic heterocycles. The number of benzene rings is 1. The van der Waals surface area contributed by atoms with Gasteiger partial charge in [-0.25, -0.2) is 4.79 Å². The van der Waals surface area contributed by atoms with Gasteiger partial charge in [0.1, 0.15) is 5.92 Å². The lowest BCUT2D eigenvalue weighted by Crippen LogP contribution is -2.36. The molecule has 1 aromatic carbocycles. The first kappa shape index (κ1) is 21.6. The molecule has 1 aromatic rings. The third-order valence-corrected chi connectivity index (χ3v) is 4.75. The maximum Gasteiger partial charge on any atom is 0.336 e. The molecule has 2 rings (SSSR count). The SMILES string of the molecule is COC(=O)C1C(C)=NC(C)=C(C(=O)OCCCCl)C1c1ccccc1[N+](=O)[O-]. The number of carbonyl (C=O) groups is 2. The van der Waals surface area contributed by atoms with Gasteiger partial charge in [-0.15, -0.1) is 11.6 Å². The van der Waals surface area contributed by atoms with E-state index in [2.05, 4.69) is 4.99 Å². The molecular formula is C19H21ClN2O6. The van der Waals surface area contributed by atoms with E-state index in [4.69, 9.17) is 21.1 Å². The zero-order valence-corrected chi connectivity index (χ0v) is 16.6. The fourth-order valence-electron chi connectivity index (χ4n) is 3.28. The molecule has 0 saturated carbocycles. The second-order valence-corrected chi connectivity index (χ2v) is 6.60. The molecule has 2 unspecified atom stereocenters. The first-order chi connectivity index (χ1) is 13.3. The number of nitrogens with zero attached hydrogens (tertiary/aromatic N) is 2. The van der Waals surface area contributed by atoms with Crippen LogP contribution in [0.4, 0.5) is 5.69 Å². The summed E-state index contributed by atoms with van der Waals surface area (Å²) in [5.41, 5.74) is 0.877. The number of methoxy groups -OCH3 is 1. The Morgan fingerprint density at radius 3 is 2.57 bits per heavy atom. The fourth-order valence-corrected chi connectivity index (χ4v) is 3.39. The standard InChI is InChI=1S/C19H21ClN2O6/c1-11-15(18(23)27-3)17(13-7-4-5-8-14(13)22(25)26)16(12(2)21-11)19(24)28-10-6-9-20/h4-5,7-8,15,17H,6,9-10H2,1-3H3. The number of rotatable bonds is 7. The minimum atomic E-state index is -0.981. The van der Waals surface area contributed by atoms with Crippen molar-refractivity contribution in [1.82, 2.24) is 0 Å². The molecular weight excluding hydrogens is 388 g/mol. The molecule has 150 valence electrons. The van der Waals surface area contributed by atoms with Crippen molar-refractivity contribution in [2.75, 3.05) is 19.6 Å². The second-order valence-electron chi connectivity index (χ2n) is 6.23. The van der Waals surface area contributed by atoms with Crippen molar-refractivity contribution in [3.8, 4) is 0 Å². The lowest BCUT2D eigenvalue weighted by atomic mass is 9.75. The first-order valence-electron chi connectivity index (χ1n) is 8.63. The molecule has 0 saturated heterocycles. The second kappa shape index (κ2) is 9.45. The minimum Gasteiger partial charge on any atom is -0.468 e. The summed E-state index contributed by atoms with van der Waals surface area (Å²) in [4.78, 5) is 40.7. The molecule has 0 radical (unpaired) electrons. The predicted octanol–water partition coefficient (Wildman–Crippen LogP) is 3.39. The number of aliphatic imine (C=N–C) groups is 1. The topological polar surface area (TPSA) is 108 Å². The van der Waals surface area contributed by atoms with Crippen molar-refractivity contribution in [2.45, 2.75) is 26.2 Å². The van der Waals surface area contributed by atoms with Gasteiger partial charge in [-0.05, 0) is 20.3 Å². The maximum atomic E-state index is 12.8. The fraction of sp³-hybridized carbons (Fsp3) is 0.421. The van der Waals surface area contributed by atoms with E-state index in [1.165, 1.54) is 25.3 Å². The Labute approximate surface area is 167 Å². The Kier molecular flexibility index (Phi) is 7.28. The summed E-state index contributed by atoms with van der Waals surface area (Å²) in [5, 5.41) is 11.6. The van der Waals surface area contributed by atoms with Crippen molar-refractivity contribution < 1.29 is 24.0 Å². The van der Waals surface area contributed by atoms with Crippen LogP contribution in [0, 0.1) is 16.0 Å². The van der Waals surface area contributed by atoms with Gasteiger partial charge in [0, 0.05) is 34.8 Å². The van der Waals surface area contributed by atoms with Gasteiger partial charge in [-0.3, -0.25) is 19.9 Å². The van der Waals surface area contributed by atoms with Crippen LogP contribution >= 0.6 is 11.6 Å². The van der Waals surface area contributed by atoms with Crippen molar-refractivity contribution >= 4 is 34.9 Å². The van der Waals surface area contributed by atoms with E-state index in [0.29, 0.717) is 23.7 Å². The van der Waals surface area contributed by atoms with Crippen molar-refractivity contribution in [1.29, 1.82) is 0 Å². The molecule has 0 aliphatic carbocycles. The molecule has 0 fully saturated rings. The Morgan fingerprint density at radius 2 is 1.96 bits per heavy atom. The zero-order chi connectivity index (χ0) is 20.8. The van der Waals surface area contributed by atoms with Crippen LogP contribution in [0.2, 0.25) is 0 Å². The highest BCUT2D eigenvalue weighted by Gasteiger charge is 2.44. The van der Waals surface area contributed by atoms with E-state index >= 15 is 0 Å². The van der Waals surface area contributed by atoms with Gasteiger partial charge >= 0.3 is 11.9 Å². The van der Waals surface area contributed by atoms with Gasteiger partial charge in [-0.2, -0.15) is 0 Å². The van der Waals surface area contributed by atoms with Crippen LogP contribution in [0.25, 0.3) is 0 Å². The lowest BCUT2D eigenvalue weighted by molar-refractivity contribution is -0.385. The Morgan fingerprint density at radius 1 is 1.29 bits per heavy atom. The van der Waals surface area contributed by atoms with Gasteiger partial charge in [0.2, 0.25) is 0 Å². The van der Waals surface area contributed by atoms with Crippen LogP contribution in [0.5, 0.6) is 0 Å². The van der Waals surface area contributed by atoms with E-state index < -0.39 is 28.7 Å². The van der Waals surface area contributed by atoms with E-state index in [0.717, 1.165) is 0 Å². The third-order valence-electron chi connectivity index (χ3n) is 4.48. The maximum absolute atomic E-state index is 12.8. The number of nitro benzene ring substituents is 1. The van der Waals surface area contributed by atoms with E-state index in [-0.39, 0.29) is 23.4 Å². The van der Waals surface area contributed by atoms with Crippen LogP contribution < -0.4 is 0 Å². The highest BCUT2D eigenvalue weighted by molar-refractivity contribution is 6.17. The quantitative estimate of drug-likeness (QED) is 0.225. The average molecular weight is 409 g/mol. The number of allylic oxidation sites excluding steroid dienone is 1. The molecule has 0 spiro atoms. The lowest BCUT2D eigenvalue weighted by Gasteiger charge is -2.31. The summed E-state index contributed by atoms with van der Waals surface area (Å²) in [6.07, 6.45) is 0.457. The number of halogens is 1.